The van der Waals surface area contributed by atoms with E-state index < -0.39 is 0 Å². The molecule has 1 N–H and O–H groups in total. The fourth-order valence-electron chi connectivity index (χ4n) is 2.38. The molecule has 2 aromatic heterocycles. The zero-order valence-electron chi connectivity index (χ0n) is 11.2. The van der Waals surface area contributed by atoms with Crippen molar-refractivity contribution in [2.24, 2.45) is 0 Å². The number of thiazole rings is 1. The van der Waals surface area contributed by atoms with Crippen molar-refractivity contribution in [3.05, 3.63) is 33.7 Å². The summed E-state index contributed by atoms with van der Waals surface area (Å²) in [6, 6.07) is 1.83. The van der Waals surface area contributed by atoms with Gasteiger partial charge in [-0.1, -0.05) is 0 Å². The zero-order valence-corrected chi connectivity index (χ0v) is 12.0. The minimum absolute atomic E-state index is 0.0171. The van der Waals surface area contributed by atoms with E-state index in [9.17, 15) is 9.90 Å². The smallest absolute Gasteiger partial charge is 0.258 e. The molecule has 3 rings (SSSR count). The molecule has 20 heavy (non-hydrogen) atoms. The maximum Gasteiger partial charge on any atom is 0.258 e. The van der Waals surface area contributed by atoms with Gasteiger partial charge in [0, 0.05) is 36.8 Å². The van der Waals surface area contributed by atoms with Crippen molar-refractivity contribution in [3.8, 4) is 0 Å². The van der Waals surface area contributed by atoms with Crippen LogP contribution in [0.15, 0.2) is 22.4 Å². The van der Waals surface area contributed by atoms with Crippen LogP contribution in [-0.2, 0) is 11.3 Å². The second kappa shape index (κ2) is 5.61. The molecule has 2 atom stereocenters. The van der Waals surface area contributed by atoms with E-state index in [4.69, 9.17) is 4.74 Å². The summed E-state index contributed by atoms with van der Waals surface area (Å²) in [6.45, 7) is 3.94. The van der Waals surface area contributed by atoms with Gasteiger partial charge in [0.25, 0.3) is 5.56 Å². The molecule has 108 valence electrons. The van der Waals surface area contributed by atoms with Crippen LogP contribution in [-0.4, -0.2) is 51.3 Å². The molecule has 0 aliphatic carbocycles. The van der Waals surface area contributed by atoms with Gasteiger partial charge in [0.05, 0.1) is 25.0 Å². The van der Waals surface area contributed by atoms with Gasteiger partial charge in [0.15, 0.2) is 4.96 Å². The second-order valence-corrected chi connectivity index (χ2v) is 5.93. The SMILES string of the molecule is CC1COC(CO)CN1Cc1cc(=O)n2ccsc2n1. The zero-order chi connectivity index (χ0) is 14.1. The van der Waals surface area contributed by atoms with Crippen LogP contribution < -0.4 is 5.56 Å². The Bertz CT molecular complexity index is 654. The fraction of sp³-hybridized carbons (Fsp3) is 0.538. The summed E-state index contributed by atoms with van der Waals surface area (Å²) in [5.41, 5.74) is 0.716. The van der Waals surface area contributed by atoms with Gasteiger partial charge in [-0.25, -0.2) is 4.98 Å². The first kappa shape index (κ1) is 13.7. The first-order chi connectivity index (χ1) is 9.67. The Kier molecular flexibility index (Phi) is 3.84. The lowest BCUT2D eigenvalue weighted by molar-refractivity contribution is -0.0808. The summed E-state index contributed by atoms with van der Waals surface area (Å²) >= 11 is 1.45. The van der Waals surface area contributed by atoms with Crippen molar-refractivity contribution >= 4 is 16.3 Å². The number of rotatable bonds is 3. The Morgan fingerprint density at radius 3 is 3.25 bits per heavy atom. The van der Waals surface area contributed by atoms with E-state index >= 15 is 0 Å². The highest BCUT2D eigenvalue weighted by molar-refractivity contribution is 7.15. The molecule has 6 nitrogen and oxygen atoms in total. The topological polar surface area (TPSA) is 67.1 Å². The molecule has 2 aromatic rings. The summed E-state index contributed by atoms with van der Waals surface area (Å²) < 4.78 is 7.06. The Morgan fingerprint density at radius 1 is 1.60 bits per heavy atom. The molecular formula is C13H17N3O3S. The number of hydrogen-bond donors (Lipinski definition) is 1. The molecule has 1 aliphatic heterocycles. The summed E-state index contributed by atoms with van der Waals surface area (Å²) in [5.74, 6) is 0. The van der Waals surface area contributed by atoms with Gasteiger partial charge in [-0.05, 0) is 6.92 Å². The van der Waals surface area contributed by atoms with Gasteiger partial charge >= 0.3 is 0 Å². The molecule has 1 fully saturated rings. The van der Waals surface area contributed by atoms with Crippen LogP contribution in [0.5, 0.6) is 0 Å². The van der Waals surface area contributed by atoms with E-state index in [1.54, 1.807) is 16.7 Å². The fourth-order valence-corrected chi connectivity index (χ4v) is 3.12. The lowest BCUT2D eigenvalue weighted by Crippen LogP contribution is -2.49. The first-order valence-electron chi connectivity index (χ1n) is 6.59. The molecule has 3 heterocycles. The number of ether oxygens (including phenoxy) is 1. The molecule has 1 aliphatic rings. The van der Waals surface area contributed by atoms with Crippen LogP contribution in [0.4, 0.5) is 0 Å². The third-order valence-corrected chi connectivity index (χ3v) is 4.32. The lowest BCUT2D eigenvalue weighted by Gasteiger charge is -2.37. The van der Waals surface area contributed by atoms with Gasteiger partial charge in [-0.2, -0.15) is 0 Å². The first-order valence-corrected chi connectivity index (χ1v) is 7.47. The van der Waals surface area contributed by atoms with Gasteiger partial charge < -0.3 is 9.84 Å². The van der Waals surface area contributed by atoms with E-state index in [0.29, 0.717) is 24.7 Å². The Morgan fingerprint density at radius 2 is 2.45 bits per heavy atom. The van der Waals surface area contributed by atoms with Crippen LogP contribution in [0.25, 0.3) is 4.96 Å². The molecule has 1 saturated heterocycles. The minimum atomic E-state index is -0.155. The van der Waals surface area contributed by atoms with Gasteiger partial charge in [0.2, 0.25) is 0 Å². The van der Waals surface area contributed by atoms with Crippen LogP contribution in [0, 0.1) is 0 Å². The Balaban J connectivity index is 1.82. The van der Waals surface area contributed by atoms with Crippen LogP contribution in [0.1, 0.15) is 12.6 Å². The van der Waals surface area contributed by atoms with E-state index in [2.05, 4.69) is 16.8 Å². The van der Waals surface area contributed by atoms with Crippen LogP contribution >= 0.6 is 11.3 Å². The van der Waals surface area contributed by atoms with Crippen molar-refractivity contribution in [3.63, 3.8) is 0 Å². The van der Waals surface area contributed by atoms with E-state index in [1.807, 2.05) is 5.38 Å². The van der Waals surface area contributed by atoms with E-state index in [0.717, 1.165) is 5.69 Å². The largest absolute Gasteiger partial charge is 0.394 e. The number of aliphatic hydroxyl groups is 1. The molecular weight excluding hydrogens is 278 g/mol. The summed E-state index contributed by atoms with van der Waals surface area (Å²) in [6.07, 6.45) is 1.58. The number of nitrogens with zero attached hydrogens (tertiary/aromatic N) is 3. The predicted octanol–water partition coefficient (Wildman–Crippen LogP) is 0.338. The highest BCUT2D eigenvalue weighted by Crippen LogP contribution is 2.15. The van der Waals surface area contributed by atoms with Crippen molar-refractivity contribution in [2.45, 2.75) is 25.6 Å². The number of morpholine rings is 1. The highest BCUT2D eigenvalue weighted by Gasteiger charge is 2.26. The quantitative estimate of drug-likeness (QED) is 0.884. The predicted molar refractivity (Wildman–Crippen MR) is 76.0 cm³/mol. The monoisotopic (exact) mass is 295 g/mol. The summed E-state index contributed by atoms with van der Waals surface area (Å²) in [5, 5.41) is 11.1. The maximum absolute atomic E-state index is 12.0. The number of aromatic nitrogens is 2. The number of hydrogen-bond acceptors (Lipinski definition) is 6. The highest BCUT2D eigenvalue weighted by atomic mass is 32.1. The summed E-state index contributed by atoms with van der Waals surface area (Å²) in [7, 11) is 0. The average Bonchev–Trinajstić information content (AvgIpc) is 2.90. The average molecular weight is 295 g/mol. The number of aliphatic hydroxyl groups excluding tert-OH is 1. The second-order valence-electron chi connectivity index (χ2n) is 5.06. The Labute approximate surface area is 120 Å². The molecule has 7 heteroatoms. The van der Waals surface area contributed by atoms with E-state index in [1.165, 1.54) is 11.3 Å². The third kappa shape index (κ3) is 2.62. The standard InChI is InChI=1S/C13H17N3O3S/c1-9-8-19-11(7-17)6-15(9)5-10-4-12(18)16-2-3-20-13(16)14-10/h2-4,9,11,17H,5-8H2,1H3. The van der Waals surface area contributed by atoms with Gasteiger partial charge in [-0.15, -0.1) is 11.3 Å². The molecule has 0 saturated carbocycles. The van der Waals surface area contributed by atoms with Crippen LogP contribution in [0.2, 0.25) is 0 Å². The van der Waals surface area contributed by atoms with E-state index in [-0.39, 0.29) is 24.3 Å². The normalized spacial score (nSPS) is 24.3. The molecule has 0 radical (unpaired) electrons. The minimum Gasteiger partial charge on any atom is -0.394 e. The number of fused-ring (bicyclic) bond motifs is 1. The summed E-state index contributed by atoms with van der Waals surface area (Å²) in [4.78, 5) is 19.4. The van der Waals surface area contributed by atoms with Crippen molar-refractivity contribution < 1.29 is 9.84 Å². The van der Waals surface area contributed by atoms with Crippen LogP contribution in [0.3, 0.4) is 0 Å². The Hall–Kier alpha value is -1.28. The molecule has 0 amide bonds. The molecule has 0 aromatic carbocycles. The lowest BCUT2D eigenvalue weighted by atomic mass is 10.2. The van der Waals surface area contributed by atoms with Crippen molar-refractivity contribution in [1.29, 1.82) is 0 Å². The van der Waals surface area contributed by atoms with Gasteiger partial charge in [-0.3, -0.25) is 14.1 Å². The molecule has 2 unspecified atom stereocenters. The van der Waals surface area contributed by atoms with Crippen molar-refractivity contribution in [1.82, 2.24) is 14.3 Å². The maximum atomic E-state index is 12.0. The molecule has 0 bridgehead atoms. The molecule has 0 spiro atoms. The van der Waals surface area contributed by atoms with Gasteiger partial charge in [0.1, 0.15) is 0 Å². The van der Waals surface area contributed by atoms with Crippen molar-refractivity contribution in [2.75, 3.05) is 19.8 Å². The third-order valence-electron chi connectivity index (χ3n) is 3.56.